The van der Waals surface area contributed by atoms with Crippen LogP contribution in [0.15, 0.2) is 54.6 Å². The summed E-state index contributed by atoms with van der Waals surface area (Å²) in [6.45, 7) is -2.44. The van der Waals surface area contributed by atoms with E-state index < -0.39 is 6.61 Å². The second-order valence-electron chi connectivity index (χ2n) is 5.50. The number of ether oxygens (including phenoxy) is 1. The third-order valence-electron chi connectivity index (χ3n) is 3.61. The average Bonchev–Trinajstić information content (AvgIpc) is 2.55. The van der Waals surface area contributed by atoms with Gasteiger partial charge in [-0.3, -0.25) is 4.79 Å². The predicted octanol–water partition coefficient (Wildman–Crippen LogP) is 3.32. The second kappa shape index (κ2) is 8.40. The van der Waals surface area contributed by atoms with Gasteiger partial charge in [-0.1, -0.05) is 30.3 Å². The Kier molecular flexibility index (Phi) is 6.26. The molecule has 2 aromatic rings. The fraction of sp³-hybridized carbons (Fsp3) is 0.278. The smallest absolute Gasteiger partial charge is 0.387 e. The molecular weight excluding hydrogens is 314 g/mol. The van der Waals surface area contributed by atoms with Crippen molar-refractivity contribution < 1.29 is 18.3 Å². The molecule has 0 spiro atoms. The van der Waals surface area contributed by atoms with E-state index in [9.17, 15) is 13.6 Å². The van der Waals surface area contributed by atoms with Crippen molar-refractivity contribution in [1.82, 2.24) is 10.2 Å². The number of alkyl halides is 2. The summed E-state index contributed by atoms with van der Waals surface area (Å²) in [5, 5.41) is 2.87. The molecule has 0 radical (unpaired) electrons. The molecule has 1 N–H and O–H groups in total. The minimum absolute atomic E-state index is 0.0250. The summed E-state index contributed by atoms with van der Waals surface area (Å²) in [4.78, 5) is 14.2. The van der Waals surface area contributed by atoms with Crippen LogP contribution in [0.5, 0.6) is 5.75 Å². The first kappa shape index (κ1) is 17.9. The number of nitrogens with zero attached hydrogens (tertiary/aromatic N) is 1. The van der Waals surface area contributed by atoms with E-state index in [1.54, 1.807) is 0 Å². The highest BCUT2D eigenvalue weighted by atomic mass is 19.3. The lowest BCUT2D eigenvalue weighted by Crippen LogP contribution is -2.34. The zero-order valence-corrected chi connectivity index (χ0v) is 13.6. The van der Waals surface area contributed by atoms with Gasteiger partial charge in [-0.15, -0.1) is 0 Å². The van der Waals surface area contributed by atoms with Crippen LogP contribution in [0, 0.1) is 0 Å². The van der Waals surface area contributed by atoms with E-state index in [1.165, 1.54) is 24.3 Å². The van der Waals surface area contributed by atoms with Gasteiger partial charge in [0.15, 0.2) is 0 Å². The molecule has 0 aliphatic rings. The van der Waals surface area contributed by atoms with E-state index in [0.717, 1.165) is 5.56 Å². The summed E-state index contributed by atoms with van der Waals surface area (Å²) < 4.78 is 28.5. The first-order valence-electron chi connectivity index (χ1n) is 7.52. The minimum atomic E-state index is -2.88. The van der Waals surface area contributed by atoms with Gasteiger partial charge in [-0.25, -0.2) is 0 Å². The van der Waals surface area contributed by atoms with Crippen LogP contribution in [0.3, 0.4) is 0 Å². The molecule has 2 rings (SSSR count). The summed E-state index contributed by atoms with van der Waals surface area (Å²) in [5.41, 5.74) is 1.49. The number of hydrogen-bond acceptors (Lipinski definition) is 3. The molecule has 1 atom stereocenters. The molecule has 0 saturated carbocycles. The van der Waals surface area contributed by atoms with Gasteiger partial charge in [0, 0.05) is 12.1 Å². The van der Waals surface area contributed by atoms with Crippen molar-refractivity contribution in [3.8, 4) is 5.75 Å². The molecule has 0 fully saturated rings. The minimum Gasteiger partial charge on any atom is -0.435 e. The van der Waals surface area contributed by atoms with Gasteiger partial charge in [0.1, 0.15) is 5.75 Å². The summed E-state index contributed by atoms with van der Waals surface area (Å²) in [7, 11) is 3.89. The fourth-order valence-corrected chi connectivity index (χ4v) is 2.35. The summed E-state index contributed by atoms with van der Waals surface area (Å²) in [6.07, 6.45) is 0. The van der Waals surface area contributed by atoms with E-state index in [0.29, 0.717) is 12.1 Å². The van der Waals surface area contributed by atoms with Crippen LogP contribution in [-0.2, 0) is 0 Å². The maximum absolute atomic E-state index is 12.2. The normalized spacial score (nSPS) is 12.2. The first-order chi connectivity index (χ1) is 11.5. The number of halogens is 2. The van der Waals surface area contributed by atoms with E-state index in [-0.39, 0.29) is 17.7 Å². The van der Waals surface area contributed by atoms with Crippen LogP contribution in [0.2, 0.25) is 0 Å². The molecule has 0 aliphatic heterocycles. The molecule has 1 amide bonds. The Labute approximate surface area is 140 Å². The quantitative estimate of drug-likeness (QED) is 0.844. The van der Waals surface area contributed by atoms with Crippen LogP contribution in [-0.4, -0.2) is 38.1 Å². The van der Waals surface area contributed by atoms with Gasteiger partial charge in [-0.05, 0) is 43.9 Å². The third-order valence-corrected chi connectivity index (χ3v) is 3.61. The molecule has 0 unspecified atom stereocenters. The lowest BCUT2D eigenvalue weighted by atomic mass is 10.1. The maximum Gasteiger partial charge on any atom is 0.387 e. The molecule has 0 aliphatic carbocycles. The third kappa shape index (κ3) is 5.03. The Morgan fingerprint density at radius 3 is 2.25 bits per heavy atom. The summed E-state index contributed by atoms with van der Waals surface area (Å²) >= 11 is 0. The number of carbonyl (C=O) groups excluding carboxylic acids is 1. The molecule has 2 aromatic carbocycles. The molecule has 6 heteroatoms. The Morgan fingerprint density at radius 1 is 1.08 bits per heavy atom. The molecule has 0 bridgehead atoms. The van der Waals surface area contributed by atoms with E-state index >= 15 is 0 Å². The van der Waals surface area contributed by atoms with Gasteiger partial charge >= 0.3 is 6.61 Å². The molecule has 0 aromatic heterocycles. The lowest BCUT2D eigenvalue weighted by molar-refractivity contribution is -0.0498. The molecule has 128 valence electrons. The second-order valence-corrected chi connectivity index (χ2v) is 5.50. The van der Waals surface area contributed by atoms with E-state index in [4.69, 9.17) is 0 Å². The Bertz CT molecular complexity index is 646. The van der Waals surface area contributed by atoms with Crippen molar-refractivity contribution in [3.63, 3.8) is 0 Å². The van der Waals surface area contributed by atoms with Crippen molar-refractivity contribution in [3.05, 3.63) is 65.7 Å². The van der Waals surface area contributed by atoms with Crippen LogP contribution in [0.25, 0.3) is 0 Å². The molecular formula is C18H20F2N2O2. The van der Waals surface area contributed by atoms with Crippen molar-refractivity contribution in [2.75, 3.05) is 20.6 Å². The number of rotatable bonds is 7. The number of amides is 1. The van der Waals surface area contributed by atoms with E-state index in [2.05, 4.69) is 10.1 Å². The van der Waals surface area contributed by atoms with Crippen molar-refractivity contribution in [2.45, 2.75) is 12.7 Å². The highest BCUT2D eigenvalue weighted by molar-refractivity contribution is 5.94. The topological polar surface area (TPSA) is 41.6 Å². The molecule has 0 saturated heterocycles. The highest BCUT2D eigenvalue weighted by Crippen LogP contribution is 2.18. The predicted molar refractivity (Wildman–Crippen MR) is 88.3 cm³/mol. The molecule has 24 heavy (non-hydrogen) atoms. The maximum atomic E-state index is 12.2. The summed E-state index contributed by atoms with van der Waals surface area (Å²) in [6, 6.07) is 15.5. The van der Waals surface area contributed by atoms with Gasteiger partial charge in [0.25, 0.3) is 5.91 Å². The van der Waals surface area contributed by atoms with Gasteiger partial charge in [-0.2, -0.15) is 8.78 Å². The van der Waals surface area contributed by atoms with Crippen molar-refractivity contribution in [2.24, 2.45) is 0 Å². The van der Waals surface area contributed by atoms with Crippen LogP contribution < -0.4 is 10.1 Å². The first-order valence-corrected chi connectivity index (χ1v) is 7.52. The monoisotopic (exact) mass is 334 g/mol. The molecule has 4 nitrogen and oxygen atoms in total. The zero-order chi connectivity index (χ0) is 17.5. The largest absolute Gasteiger partial charge is 0.435 e. The Morgan fingerprint density at radius 2 is 1.71 bits per heavy atom. The van der Waals surface area contributed by atoms with Crippen molar-refractivity contribution in [1.29, 1.82) is 0 Å². The zero-order valence-electron chi connectivity index (χ0n) is 13.6. The van der Waals surface area contributed by atoms with Gasteiger partial charge in [0.2, 0.25) is 0 Å². The Hall–Kier alpha value is -2.47. The summed E-state index contributed by atoms with van der Waals surface area (Å²) in [5.74, 6) is -0.238. The molecule has 0 heterocycles. The van der Waals surface area contributed by atoms with Gasteiger partial charge < -0.3 is 15.0 Å². The lowest BCUT2D eigenvalue weighted by Gasteiger charge is -2.25. The van der Waals surface area contributed by atoms with Crippen LogP contribution >= 0.6 is 0 Å². The fourth-order valence-electron chi connectivity index (χ4n) is 2.35. The number of benzene rings is 2. The van der Waals surface area contributed by atoms with Gasteiger partial charge in [0.05, 0.1) is 6.04 Å². The number of nitrogens with one attached hydrogen (secondary N) is 1. The standard InChI is InChI=1S/C18H20F2N2O2/c1-22(2)16(13-6-4-3-5-7-13)12-21-17(23)14-8-10-15(11-9-14)24-18(19)20/h3-11,16,18H,12H2,1-2H3,(H,21,23)/t16-/m1/s1. The highest BCUT2D eigenvalue weighted by Gasteiger charge is 2.15. The van der Waals surface area contributed by atoms with Crippen LogP contribution in [0.1, 0.15) is 22.0 Å². The number of carbonyl (C=O) groups is 1. The Balaban J connectivity index is 1.98. The number of likely N-dealkylation sites (N-methyl/N-ethyl adjacent to an activating group) is 1. The number of hydrogen-bond donors (Lipinski definition) is 1. The average molecular weight is 334 g/mol. The van der Waals surface area contributed by atoms with E-state index in [1.807, 2.05) is 49.3 Å². The van der Waals surface area contributed by atoms with Crippen LogP contribution in [0.4, 0.5) is 8.78 Å². The SMILES string of the molecule is CN(C)[C@H](CNC(=O)c1ccc(OC(F)F)cc1)c1ccccc1. The van der Waals surface area contributed by atoms with Crippen molar-refractivity contribution >= 4 is 5.91 Å².